The minimum Gasteiger partial charge on any atom is -0.339 e. The van der Waals surface area contributed by atoms with Crippen LogP contribution in [0.1, 0.15) is 17.3 Å². The molecule has 4 aromatic rings. The number of carbonyl (C=O) groups excluding carboxylic acids is 1. The molecule has 0 bridgehead atoms. The number of nitrogens with one attached hydrogen (secondary N) is 1. The molecular formula is C20H14ClN5O2. The SMILES string of the molecule is CC(=O)c1cccc(Nc2ccc(-c3nc(-c4ccc(Cl)cc4)no3)nn2)c1. The van der Waals surface area contributed by atoms with Crippen LogP contribution < -0.4 is 5.32 Å². The Labute approximate surface area is 165 Å². The molecule has 2 heterocycles. The lowest BCUT2D eigenvalue weighted by Gasteiger charge is -2.06. The highest BCUT2D eigenvalue weighted by Crippen LogP contribution is 2.23. The fraction of sp³-hybridized carbons (Fsp3) is 0.0500. The van der Waals surface area contributed by atoms with Crippen molar-refractivity contribution in [1.82, 2.24) is 20.3 Å². The topological polar surface area (TPSA) is 93.8 Å². The summed E-state index contributed by atoms with van der Waals surface area (Å²) in [6.07, 6.45) is 0. The van der Waals surface area contributed by atoms with E-state index >= 15 is 0 Å². The van der Waals surface area contributed by atoms with Gasteiger partial charge in [0.2, 0.25) is 5.82 Å². The lowest BCUT2D eigenvalue weighted by Crippen LogP contribution is -1.98. The van der Waals surface area contributed by atoms with Crippen LogP contribution in [0, 0.1) is 0 Å². The van der Waals surface area contributed by atoms with E-state index in [2.05, 4.69) is 25.7 Å². The van der Waals surface area contributed by atoms with Crippen molar-refractivity contribution in [3.05, 3.63) is 71.2 Å². The van der Waals surface area contributed by atoms with E-state index in [1.165, 1.54) is 6.92 Å². The molecule has 2 aromatic heterocycles. The molecule has 1 N–H and O–H groups in total. The lowest BCUT2D eigenvalue weighted by atomic mass is 10.1. The van der Waals surface area contributed by atoms with E-state index in [1.807, 2.05) is 18.2 Å². The fourth-order valence-electron chi connectivity index (χ4n) is 2.52. The maximum absolute atomic E-state index is 11.5. The zero-order valence-corrected chi connectivity index (χ0v) is 15.5. The molecule has 2 aromatic carbocycles. The van der Waals surface area contributed by atoms with Gasteiger partial charge in [0, 0.05) is 21.8 Å². The maximum Gasteiger partial charge on any atom is 0.278 e. The van der Waals surface area contributed by atoms with Gasteiger partial charge in [-0.05, 0) is 55.5 Å². The van der Waals surface area contributed by atoms with Gasteiger partial charge in [0.15, 0.2) is 17.3 Å². The molecule has 138 valence electrons. The van der Waals surface area contributed by atoms with Crippen LogP contribution in [0.15, 0.2) is 65.2 Å². The van der Waals surface area contributed by atoms with Gasteiger partial charge in [0.1, 0.15) is 0 Å². The molecule has 28 heavy (non-hydrogen) atoms. The second-order valence-corrected chi connectivity index (χ2v) is 6.43. The Morgan fingerprint density at radius 2 is 1.86 bits per heavy atom. The largest absolute Gasteiger partial charge is 0.339 e. The van der Waals surface area contributed by atoms with E-state index in [0.717, 1.165) is 11.3 Å². The van der Waals surface area contributed by atoms with Crippen LogP contribution in [0.3, 0.4) is 0 Å². The van der Waals surface area contributed by atoms with Crippen LogP contribution in [-0.4, -0.2) is 26.1 Å². The monoisotopic (exact) mass is 391 g/mol. The Morgan fingerprint density at radius 3 is 2.57 bits per heavy atom. The summed E-state index contributed by atoms with van der Waals surface area (Å²) in [6.45, 7) is 1.52. The van der Waals surface area contributed by atoms with Gasteiger partial charge in [-0.3, -0.25) is 4.79 Å². The average molecular weight is 392 g/mol. The molecule has 0 atom stereocenters. The van der Waals surface area contributed by atoms with Gasteiger partial charge in [0.05, 0.1) is 0 Å². The van der Waals surface area contributed by atoms with Crippen LogP contribution in [0.4, 0.5) is 11.5 Å². The van der Waals surface area contributed by atoms with Crippen LogP contribution in [-0.2, 0) is 0 Å². The molecule has 4 rings (SSSR count). The van der Waals surface area contributed by atoms with Gasteiger partial charge in [-0.25, -0.2) is 0 Å². The van der Waals surface area contributed by atoms with Crippen molar-refractivity contribution >= 4 is 28.9 Å². The number of benzene rings is 2. The van der Waals surface area contributed by atoms with Crippen molar-refractivity contribution < 1.29 is 9.32 Å². The van der Waals surface area contributed by atoms with Crippen molar-refractivity contribution in [3.63, 3.8) is 0 Å². The molecule has 0 radical (unpaired) electrons. The number of aromatic nitrogens is 4. The summed E-state index contributed by atoms with van der Waals surface area (Å²) >= 11 is 5.89. The Kier molecular flexibility index (Phi) is 4.82. The highest BCUT2D eigenvalue weighted by Gasteiger charge is 2.12. The molecular weight excluding hydrogens is 378 g/mol. The predicted octanol–water partition coefficient (Wildman–Crippen LogP) is 4.79. The van der Waals surface area contributed by atoms with Gasteiger partial charge in [-0.2, -0.15) is 4.98 Å². The van der Waals surface area contributed by atoms with E-state index < -0.39 is 0 Å². The first-order valence-corrected chi connectivity index (χ1v) is 8.78. The van der Waals surface area contributed by atoms with Crippen LogP contribution in [0.5, 0.6) is 0 Å². The Hall–Kier alpha value is -3.58. The maximum atomic E-state index is 11.5. The lowest BCUT2D eigenvalue weighted by molar-refractivity contribution is 0.101. The number of halogens is 1. The number of hydrogen-bond acceptors (Lipinski definition) is 7. The summed E-state index contributed by atoms with van der Waals surface area (Å²) in [5, 5.41) is 16.0. The highest BCUT2D eigenvalue weighted by molar-refractivity contribution is 6.30. The van der Waals surface area contributed by atoms with Crippen LogP contribution in [0.2, 0.25) is 5.02 Å². The van der Waals surface area contributed by atoms with Crippen molar-refractivity contribution in [2.75, 3.05) is 5.32 Å². The summed E-state index contributed by atoms with van der Waals surface area (Å²) in [5.41, 5.74) is 2.61. The minimum atomic E-state index is -0.00188. The summed E-state index contributed by atoms with van der Waals surface area (Å²) in [7, 11) is 0. The number of Topliss-reactive ketones (excluding diaryl/α,β-unsaturated/α-hetero) is 1. The summed E-state index contributed by atoms with van der Waals surface area (Å²) in [6, 6.07) is 17.8. The standard InChI is InChI=1S/C20H14ClN5O2/c1-12(27)14-3-2-4-16(11-14)22-18-10-9-17(24-25-18)20-23-19(26-28-20)13-5-7-15(21)8-6-13/h2-11H,1H3,(H,22,25). The predicted molar refractivity (Wildman–Crippen MR) is 105 cm³/mol. The molecule has 0 amide bonds. The van der Waals surface area contributed by atoms with E-state index in [-0.39, 0.29) is 11.7 Å². The third-order valence-corrected chi connectivity index (χ3v) is 4.21. The Bertz CT molecular complexity index is 1120. The van der Waals surface area contributed by atoms with Crippen molar-refractivity contribution in [3.8, 4) is 23.0 Å². The third-order valence-electron chi connectivity index (χ3n) is 3.95. The average Bonchev–Trinajstić information content (AvgIpc) is 3.19. The fourth-order valence-corrected chi connectivity index (χ4v) is 2.65. The minimum absolute atomic E-state index is 0.00188. The second kappa shape index (κ2) is 7.58. The molecule has 0 spiro atoms. The Balaban J connectivity index is 1.51. The quantitative estimate of drug-likeness (QED) is 0.488. The van der Waals surface area contributed by atoms with Crippen molar-refractivity contribution in [1.29, 1.82) is 0 Å². The molecule has 8 heteroatoms. The zero-order valence-electron chi connectivity index (χ0n) is 14.8. The summed E-state index contributed by atoms with van der Waals surface area (Å²) in [5.74, 6) is 1.24. The first-order valence-electron chi connectivity index (χ1n) is 8.40. The molecule has 0 fully saturated rings. The molecule has 0 aliphatic rings. The molecule has 0 saturated heterocycles. The molecule has 7 nitrogen and oxygen atoms in total. The van der Waals surface area contributed by atoms with E-state index in [1.54, 1.807) is 42.5 Å². The number of rotatable bonds is 5. The third kappa shape index (κ3) is 3.89. The van der Waals surface area contributed by atoms with Gasteiger partial charge in [-0.15, -0.1) is 10.2 Å². The molecule has 0 aliphatic carbocycles. The van der Waals surface area contributed by atoms with Gasteiger partial charge in [-0.1, -0.05) is 28.9 Å². The Morgan fingerprint density at radius 1 is 1.04 bits per heavy atom. The first kappa shape index (κ1) is 17.8. The van der Waals surface area contributed by atoms with E-state index in [4.69, 9.17) is 16.1 Å². The second-order valence-electron chi connectivity index (χ2n) is 6.00. The normalized spacial score (nSPS) is 10.6. The number of hydrogen-bond donors (Lipinski definition) is 1. The number of carbonyl (C=O) groups is 1. The molecule has 0 saturated carbocycles. The number of anilines is 2. The van der Waals surface area contributed by atoms with Crippen molar-refractivity contribution in [2.45, 2.75) is 6.92 Å². The molecule has 0 aliphatic heterocycles. The first-order chi connectivity index (χ1) is 13.6. The number of nitrogens with zero attached hydrogens (tertiary/aromatic N) is 4. The van der Waals surface area contributed by atoms with Gasteiger partial charge in [0.25, 0.3) is 5.89 Å². The van der Waals surface area contributed by atoms with Crippen LogP contribution >= 0.6 is 11.6 Å². The zero-order chi connectivity index (χ0) is 19.5. The molecule has 0 unspecified atom stereocenters. The van der Waals surface area contributed by atoms with E-state index in [0.29, 0.717) is 27.9 Å². The smallest absolute Gasteiger partial charge is 0.278 e. The number of ketones is 1. The summed E-state index contributed by atoms with van der Waals surface area (Å²) < 4.78 is 5.28. The van der Waals surface area contributed by atoms with Gasteiger partial charge < -0.3 is 9.84 Å². The van der Waals surface area contributed by atoms with E-state index in [9.17, 15) is 4.79 Å². The van der Waals surface area contributed by atoms with Crippen LogP contribution in [0.25, 0.3) is 23.0 Å². The van der Waals surface area contributed by atoms with Gasteiger partial charge >= 0.3 is 0 Å². The highest BCUT2D eigenvalue weighted by atomic mass is 35.5. The van der Waals surface area contributed by atoms with Crippen molar-refractivity contribution in [2.24, 2.45) is 0 Å². The summed E-state index contributed by atoms with van der Waals surface area (Å²) in [4.78, 5) is 15.8.